The van der Waals surface area contributed by atoms with Crippen LogP contribution >= 0.6 is 11.3 Å². The van der Waals surface area contributed by atoms with E-state index in [1.807, 2.05) is 23.8 Å². The molecule has 1 rings (SSSR count). The molecule has 0 aliphatic rings. The highest BCUT2D eigenvalue weighted by Gasteiger charge is 2.09. The number of amidine groups is 1. The van der Waals surface area contributed by atoms with Gasteiger partial charge in [0, 0.05) is 12.5 Å². The second-order valence-electron chi connectivity index (χ2n) is 3.57. The van der Waals surface area contributed by atoms with Crippen LogP contribution in [0.2, 0.25) is 0 Å². The van der Waals surface area contributed by atoms with Crippen LogP contribution in [0.5, 0.6) is 0 Å². The molecular weight excluding hydrogens is 226 g/mol. The summed E-state index contributed by atoms with van der Waals surface area (Å²) in [7, 11) is 0. The summed E-state index contributed by atoms with van der Waals surface area (Å²) in [6, 6.07) is 1.78. The highest BCUT2D eigenvalue weighted by atomic mass is 32.1. The van der Waals surface area contributed by atoms with E-state index in [9.17, 15) is 4.79 Å². The van der Waals surface area contributed by atoms with Crippen molar-refractivity contribution in [2.75, 3.05) is 0 Å². The molecule has 4 N–H and O–H groups in total. The number of oxime groups is 1. The van der Waals surface area contributed by atoms with Crippen LogP contribution in [0, 0.1) is 0 Å². The molecule has 0 radical (unpaired) electrons. The van der Waals surface area contributed by atoms with Gasteiger partial charge in [-0.3, -0.25) is 4.79 Å². The molecule has 16 heavy (non-hydrogen) atoms. The lowest BCUT2D eigenvalue weighted by Crippen LogP contribution is -2.36. The van der Waals surface area contributed by atoms with Crippen molar-refractivity contribution in [3.05, 3.63) is 22.4 Å². The van der Waals surface area contributed by atoms with E-state index in [4.69, 9.17) is 10.9 Å². The third-order valence-electron chi connectivity index (χ3n) is 2.00. The highest BCUT2D eigenvalue weighted by molar-refractivity contribution is 7.07. The molecule has 1 aromatic rings. The zero-order valence-corrected chi connectivity index (χ0v) is 9.83. The van der Waals surface area contributed by atoms with E-state index >= 15 is 0 Å². The fourth-order valence-corrected chi connectivity index (χ4v) is 1.98. The predicted molar refractivity (Wildman–Crippen MR) is 63.7 cm³/mol. The second kappa shape index (κ2) is 6.12. The van der Waals surface area contributed by atoms with Gasteiger partial charge in [0.1, 0.15) is 5.84 Å². The molecule has 0 aliphatic heterocycles. The van der Waals surface area contributed by atoms with E-state index in [0.29, 0.717) is 12.8 Å². The number of carbonyl (C=O) groups is 1. The van der Waals surface area contributed by atoms with Crippen LogP contribution in [-0.4, -0.2) is 23.0 Å². The number of hydrogen-bond donors (Lipinski definition) is 3. The van der Waals surface area contributed by atoms with Crippen molar-refractivity contribution >= 4 is 23.1 Å². The van der Waals surface area contributed by atoms with Gasteiger partial charge in [-0.2, -0.15) is 11.3 Å². The minimum Gasteiger partial charge on any atom is -0.409 e. The van der Waals surface area contributed by atoms with Gasteiger partial charge in [-0.05, 0) is 29.3 Å². The maximum absolute atomic E-state index is 11.5. The van der Waals surface area contributed by atoms with E-state index in [0.717, 1.165) is 5.56 Å². The van der Waals surface area contributed by atoms with Crippen molar-refractivity contribution in [2.24, 2.45) is 10.9 Å². The normalized spacial score (nSPS) is 13.4. The molecule has 0 aromatic carbocycles. The van der Waals surface area contributed by atoms with Crippen LogP contribution < -0.4 is 11.1 Å². The van der Waals surface area contributed by atoms with Gasteiger partial charge in [0.25, 0.3) is 0 Å². The first kappa shape index (κ1) is 12.5. The number of thiophene rings is 1. The Balaban J connectivity index is 2.34. The van der Waals surface area contributed by atoms with Crippen molar-refractivity contribution in [3.63, 3.8) is 0 Å². The first-order valence-corrected chi connectivity index (χ1v) is 5.83. The predicted octanol–water partition coefficient (Wildman–Crippen LogP) is 0.932. The summed E-state index contributed by atoms with van der Waals surface area (Å²) in [5, 5.41) is 17.9. The molecule has 1 atom stereocenters. The van der Waals surface area contributed by atoms with Crippen molar-refractivity contribution < 1.29 is 10.0 Å². The monoisotopic (exact) mass is 241 g/mol. The molecule has 5 nitrogen and oxygen atoms in total. The van der Waals surface area contributed by atoms with Gasteiger partial charge >= 0.3 is 0 Å². The Labute approximate surface area is 98.0 Å². The van der Waals surface area contributed by atoms with Crippen LogP contribution in [0.3, 0.4) is 0 Å². The highest BCUT2D eigenvalue weighted by Crippen LogP contribution is 2.06. The molecule has 88 valence electrons. The fraction of sp³-hybridized carbons (Fsp3) is 0.400. The Kier molecular flexibility index (Phi) is 4.78. The average Bonchev–Trinajstić information content (AvgIpc) is 2.69. The van der Waals surface area contributed by atoms with Gasteiger partial charge in [-0.1, -0.05) is 5.16 Å². The summed E-state index contributed by atoms with van der Waals surface area (Å²) in [5.41, 5.74) is 6.33. The van der Waals surface area contributed by atoms with Crippen LogP contribution in [-0.2, 0) is 11.2 Å². The summed E-state index contributed by atoms with van der Waals surface area (Å²) in [6.07, 6.45) is 0.704. The molecule has 1 unspecified atom stereocenters. The molecule has 1 heterocycles. The first-order valence-electron chi connectivity index (χ1n) is 4.88. The molecule has 1 amide bonds. The van der Waals surface area contributed by atoms with Crippen LogP contribution in [0.1, 0.15) is 18.9 Å². The van der Waals surface area contributed by atoms with E-state index in [1.54, 1.807) is 11.3 Å². The quantitative estimate of drug-likeness (QED) is 0.310. The molecule has 0 fully saturated rings. The Hall–Kier alpha value is -1.56. The third kappa shape index (κ3) is 4.31. The van der Waals surface area contributed by atoms with E-state index in [1.165, 1.54) is 0 Å². The van der Waals surface area contributed by atoms with Crippen molar-refractivity contribution in [3.8, 4) is 0 Å². The van der Waals surface area contributed by atoms with Crippen molar-refractivity contribution in [1.29, 1.82) is 0 Å². The lowest BCUT2D eigenvalue weighted by atomic mass is 10.2. The van der Waals surface area contributed by atoms with Gasteiger partial charge in [0.2, 0.25) is 5.91 Å². The summed E-state index contributed by atoms with van der Waals surface area (Å²) in [6.45, 7) is 1.81. The largest absolute Gasteiger partial charge is 0.409 e. The summed E-state index contributed by atoms with van der Waals surface area (Å²) in [4.78, 5) is 11.5. The van der Waals surface area contributed by atoms with E-state index in [-0.39, 0.29) is 17.8 Å². The van der Waals surface area contributed by atoms with E-state index in [2.05, 4.69) is 10.5 Å². The Bertz CT molecular complexity index is 362. The Morgan fingerprint density at radius 2 is 2.50 bits per heavy atom. The topological polar surface area (TPSA) is 87.7 Å². The second-order valence-corrected chi connectivity index (χ2v) is 4.35. The zero-order valence-electron chi connectivity index (χ0n) is 9.01. The molecule has 6 heteroatoms. The minimum absolute atomic E-state index is 0.0587. The fourth-order valence-electron chi connectivity index (χ4n) is 1.31. The molecule has 0 saturated carbocycles. The molecule has 0 aliphatic carbocycles. The van der Waals surface area contributed by atoms with Gasteiger partial charge < -0.3 is 16.3 Å². The van der Waals surface area contributed by atoms with Crippen molar-refractivity contribution in [1.82, 2.24) is 5.32 Å². The minimum atomic E-state index is -0.137. The van der Waals surface area contributed by atoms with E-state index < -0.39 is 0 Å². The first-order chi connectivity index (χ1) is 7.61. The number of rotatable bonds is 5. The number of nitrogens with one attached hydrogen (secondary N) is 1. The average molecular weight is 241 g/mol. The van der Waals surface area contributed by atoms with Crippen LogP contribution in [0.25, 0.3) is 0 Å². The maximum Gasteiger partial charge on any atom is 0.224 e. The molecule has 0 saturated heterocycles. The lowest BCUT2D eigenvalue weighted by Gasteiger charge is -2.12. The zero-order chi connectivity index (χ0) is 12.0. The number of carbonyl (C=O) groups excluding carboxylic acids is 1. The molecule has 0 spiro atoms. The Morgan fingerprint density at radius 3 is 3.06 bits per heavy atom. The van der Waals surface area contributed by atoms with Gasteiger partial charge in [-0.25, -0.2) is 0 Å². The molecular formula is C10H15N3O2S. The lowest BCUT2D eigenvalue weighted by molar-refractivity contribution is -0.120. The SMILES string of the molecule is CC(CC(N)=NO)NC(=O)Cc1ccsc1. The third-order valence-corrected chi connectivity index (χ3v) is 2.73. The molecule has 1 aromatic heterocycles. The van der Waals surface area contributed by atoms with Crippen LogP contribution in [0.15, 0.2) is 22.0 Å². The molecule has 0 bridgehead atoms. The summed E-state index contributed by atoms with van der Waals surface area (Å²) < 4.78 is 0. The summed E-state index contributed by atoms with van der Waals surface area (Å²) >= 11 is 1.56. The van der Waals surface area contributed by atoms with Gasteiger partial charge in [-0.15, -0.1) is 0 Å². The van der Waals surface area contributed by atoms with Gasteiger partial charge in [0.05, 0.1) is 6.42 Å². The maximum atomic E-state index is 11.5. The number of nitrogens with zero attached hydrogens (tertiary/aromatic N) is 1. The van der Waals surface area contributed by atoms with Crippen LogP contribution in [0.4, 0.5) is 0 Å². The number of amides is 1. The number of nitrogens with two attached hydrogens (primary N) is 1. The smallest absolute Gasteiger partial charge is 0.224 e. The van der Waals surface area contributed by atoms with Gasteiger partial charge in [0.15, 0.2) is 0 Å². The standard InChI is InChI=1S/C10H15N3O2S/c1-7(4-9(11)13-15)12-10(14)5-8-2-3-16-6-8/h2-3,6-7,15H,4-5H2,1H3,(H2,11,13)(H,12,14). The Morgan fingerprint density at radius 1 is 1.75 bits per heavy atom. The summed E-state index contributed by atoms with van der Waals surface area (Å²) in [5.74, 6) is 0.0555. The number of hydrogen-bond acceptors (Lipinski definition) is 4. The van der Waals surface area contributed by atoms with Crippen molar-refractivity contribution in [2.45, 2.75) is 25.8 Å².